The molecule has 2 fully saturated rings. The molecule has 2 saturated heterocycles. The molecule has 0 aromatic carbocycles. The summed E-state index contributed by atoms with van der Waals surface area (Å²) in [6.07, 6.45) is 7.11. The van der Waals surface area contributed by atoms with Crippen LogP contribution in [0.3, 0.4) is 0 Å². The van der Waals surface area contributed by atoms with Gasteiger partial charge in [0.25, 0.3) is 0 Å². The number of imidazole rings is 1. The van der Waals surface area contributed by atoms with Gasteiger partial charge in [-0.25, -0.2) is 9.78 Å². The quantitative estimate of drug-likeness (QED) is 0.873. The van der Waals surface area contributed by atoms with Crippen LogP contribution in [0.5, 0.6) is 0 Å². The molecule has 1 aromatic heterocycles. The summed E-state index contributed by atoms with van der Waals surface area (Å²) in [5.74, 6) is 0.913. The molecule has 22 heavy (non-hydrogen) atoms. The molecule has 2 amide bonds. The normalized spacial score (nSPS) is 26.9. The number of hydrogen-bond donors (Lipinski definition) is 2. The van der Waals surface area contributed by atoms with E-state index in [1.165, 1.54) is 6.42 Å². The summed E-state index contributed by atoms with van der Waals surface area (Å²) < 4.78 is 5.66. The van der Waals surface area contributed by atoms with Crippen LogP contribution in [0, 0.1) is 0 Å². The van der Waals surface area contributed by atoms with E-state index in [2.05, 4.69) is 27.2 Å². The summed E-state index contributed by atoms with van der Waals surface area (Å²) in [4.78, 5) is 24.0. The maximum atomic E-state index is 12.4. The molecule has 2 N–H and O–H groups in total. The largest absolute Gasteiger partial charge is 0.376 e. The van der Waals surface area contributed by atoms with Crippen molar-refractivity contribution in [2.24, 2.45) is 0 Å². The van der Waals surface area contributed by atoms with E-state index >= 15 is 0 Å². The number of nitrogens with one attached hydrogen (secondary N) is 2. The maximum absolute atomic E-state index is 12.4. The van der Waals surface area contributed by atoms with Gasteiger partial charge in [0.15, 0.2) is 0 Å². The Morgan fingerprint density at radius 2 is 2.41 bits per heavy atom. The van der Waals surface area contributed by atoms with Crippen LogP contribution in [0.2, 0.25) is 0 Å². The first kappa shape index (κ1) is 15.3. The molecule has 0 radical (unpaired) electrons. The first-order chi connectivity index (χ1) is 10.7. The summed E-state index contributed by atoms with van der Waals surface area (Å²) in [6.45, 7) is 3.66. The Morgan fingerprint density at radius 1 is 1.50 bits per heavy atom. The van der Waals surface area contributed by atoms with Crippen molar-refractivity contribution in [1.29, 1.82) is 0 Å². The van der Waals surface area contributed by atoms with Crippen molar-refractivity contribution in [2.75, 3.05) is 39.8 Å². The van der Waals surface area contributed by atoms with E-state index in [0.717, 1.165) is 38.4 Å². The Morgan fingerprint density at radius 3 is 3.14 bits per heavy atom. The average Bonchev–Trinajstić information content (AvgIpc) is 3.08. The Labute approximate surface area is 131 Å². The number of piperazine rings is 1. The molecule has 2 aliphatic heterocycles. The third-order valence-electron chi connectivity index (χ3n) is 4.53. The molecule has 1 aromatic rings. The number of nitrogens with zero attached hydrogens (tertiary/aromatic N) is 3. The Bertz CT molecular complexity index is 472. The Hall–Kier alpha value is -1.60. The lowest BCUT2D eigenvalue weighted by Gasteiger charge is -2.38. The molecule has 7 heteroatoms. The number of amides is 2. The van der Waals surface area contributed by atoms with Gasteiger partial charge in [0.05, 0.1) is 12.1 Å². The fourth-order valence-corrected chi connectivity index (χ4v) is 3.09. The SMILES string of the molecule is CN1CCN(C(=O)NC[C@@H]2CCCCO2)C[C@@H]1c1ncc[nH]1. The molecule has 3 rings (SSSR count). The standard InChI is InChI=1S/C15H25N5O2/c1-19-7-8-20(11-13(19)14-16-5-6-17-14)15(21)18-10-12-4-2-3-9-22-12/h5-6,12-13H,2-4,7-11H2,1H3,(H,16,17)(H,18,21)/t12-,13+/m0/s1. The van der Waals surface area contributed by atoms with Crippen LogP contribution in [-0.2, 0) is 4.74 Å². The summed E-state index contributed by atoms with van der Waals surface area (Å²) >= 11 is 0. The van der Waals surface area contributed by atoms with Gasteiger partial charge in [-0.2, -0.15) is 0 Å². The second-order valence-corrected chi connectivity index (χ2v) is 6.09. The topological polar surface area (TPSA) is 73.5 Å². The van der Waals surface area contributed by atoms with Gasteiger partial charge in [-0.1, -0.05) is 0 Å². The highest BCUT2D eigenvalue weighted by Crippen LogP contribution is 2.21. The predicted molar refractivity (Wildman–Crippen MR) is 82.5 cm³/mol. The summed E-state index contributed by atoms with van der Waals surface area (Å²) in [5.41, 5.74) is 0. The molecular formula is C15H25N5O2. The van der Waals surface area contributed by atoms with Gasteiger partial charge in [0, 0.05) is 45.2 Å². The molecule has 2 atom stereocenters. The lowest BCUT2D eigenvalue weighted by Crippen LogP contribution is -2.53. The van der Waals surface area contributed by atoms with Crippen molar-refractivity contribution in [3.05, 3.63) is 18.2 Å². The van der Waals surface area contributed by atoms with Gasteiger partial charge in [-0.05, 0) is 26.3 Å². The van der Waals surface area contributed by atoms with E-state index < -0.39 is 0 Å². The molecule has 122 valence electrons. The third-order valence-corrected chi connectivity index (χ3v) is 4.53. The highest BCUT2D eigenvalue weighted by molar-refractivity contribution is 5.74. The van der Waals surface area contributed by atoms with E-state index in [4.69, 9.17) is 4.74 Å². The van der Waals surface area contributed by atoms with E-state index in [1.54, 1.807) is 6.20 Å². The molecule has 0 spiro atoms. The van der Waals surface area contributed by atoms with Gasteiger partial charge in [0.1, 0.15) is 5.82 Å². The number of H-pyrrole nitrogens is 1. The van der Waals surface area contributed by atoms with Crippen molar-refractivity contribution in [2.45, 2.75) is 31.4 Å². The van der Waals surface area contributed by atoms with Crippen LogP contribution < -0.4 is 5.32 Å². The van der Waals surface area contributed by atoms with Crippen molar-refractivity contribution in [3.8, 4) is 0 Å². The van der Waals surface area contributed by atoms with Crippen molar-refractivity contribution >= 4 is 6.03 Å². The van der Waals surface area contributed by atoms with Crippen LogP contribution in [0.15, 0.2) is 12.4 Å². The highest BCUT2D eigenvalue weighted by Gasteiger charge is 2.30. The zero-order valence-electron chi connectivity index (χ0n) is 13.1. The van der Waals surface area contributed by atoms with Crippen LogP contribution >= 0.6 is 0 Å². The van der Waals surface area contributed by atoms with Gasteiger partial charge in [-0.15, -0.1) is 0 Å². The van der Waals surface area contributed by atoms with Gasteiger partial charge in [-0.3, -0.25) is 4.90 Å². The number of aromatic amines is 1. The number of aromatic nitrogens is 2. The zero-order valence-corrected chi connectivity index (χ0v) is 13.1. The molecular weight excluding hydrogens is 282 g/mol. The fourth-order valence-electron chi connectivity index (χ4n) is 3.09. The minimum atomic E-state index is -0.00108. The average molecular weight is 307 g/mol. The molecule has 3 heterocycles. The van der Waals surface area contributed by atoms with Crippen LogP contribution in [0.4, 0.5) is 4.79 Å². The summed E-state index contributed by atoms with van der Waals surface area (Å²) in [5, 5.41) is 3.02. The second kappa shape index (κ2) is 7.11. The lowest BCUT2D eigenvalue weighted by molar-refractivity contribution is 0.0170. The van der Waals surface area contributed by atoms with Gasteiger partial charge >= 0.3 is 6.03 Å². The fraction of sp³-hybridized carbons (Fsp3) is 0.733. The van der Waals surface area contributed by atoms with Crippen molar-refractivity contribution in [3.63, 3.8) is 0 Å². The molecule has 0 aliphatic carbocycles. The minimum absolute atomic E-state index is 0.00108. The number of carbonyl (C=O) groups excluding carboxylic acids is 1. The molecule has 2 aliphatic rings. The van der Waals surface area contributed by atoms with E-state index in [-0.39, 0.29) is 18.2 Å². The van der Waals surface area contributed by atoms with E-state index in [0.29, 0.717) is 13.1 Å². The number of carbonyl (C=O) groups is 1. The second-order valence-electron chi connectivity index (χ2n) is 6.09. The highest BCUT2D eigenvalue weighted by atomic mass is 16.5. The Balaban J connectivity index is 1.51. The smallest absolute Gasteiger partial charge is 0.317 e. The zero-order chi connectivity index (χ0) is 15.4. The van der Waals surface area contributed by atoms with Crippen LogP contribution in [0.25, 0.3) is 0 Å². The first-order valence-corrected chi connectivity index (χ1v) is 8.08. The number of likely N-dealkylation sites (N-methyl/N-ethyl adjacent to an activating group) is 1. The molecule has 0 saturated carbocycles. The van der Waals surface area contributed by atoms with Crippen LogP contribution in [-0.4, -0.2) is 71.7 Å². The number of hydrogen-bond acceptors (Lipinski definition) is 4. The van der Waals surface area contributed by atoms with Gasteiger partial charge < -0.3 is 19.9 Å². The van der Waals surface area contributed by atoms with E-state index in [1.807, 2.05) is 11.1 Å². The maximum Gasteiger partial charge on any atom is 0.317 e. The lowest BCUT2D eigenvalue weighted by atomic mass is 10.1. The third kappa shape index (κ3) is 3.59. The molecule has 0 bridgehead atoms. The van der Waals surface area contributed by atoms with Crippen LogP contribution in [0.1, 0.15) is 31.1 Å². The molecule has 7 nitrogen and oxygen atoms in total. The van der Waals surface area contributed by atoms with E-state index in [9.17, 15) is 4.79 Å². The predicted octanol–water partition coefficient (Wildman–Crippen LogP) is 0.977. The van der Waals surface area contributed by atoms with Gasteiger partial charge in [0.2, 0.25) is 0 Å². The number of ether oxygens (including phenoxy) is 1. The van der Waals surface area contributed by atoms with Crippen molar-refractivity contribution < 1.29 is 9.53 Å². The summed E-state index contributed by atoms with van der Waals surface area (Å²) in [7, 11) is 2.07. The first-order valence-electron chi connectivity index (χ1n) is 8.08. The monoisotopic (exact) mass is 307 g/mol. The Kier molecular flexibility index (Phi) is 4.94. The van der Waals surface area contributed by atoms with Crippen molar-refractivity contribution in [1.82, 2.24) is 25.1 Å². The number of urea groups is 1. The minimum Gasteiger partial charge on any atom is -0.376 e. The summed E-state index contributed by atoms with van der Waals surface area (Å²) in [6, 6.07) is 0.124. The molecule has 0 unspecified atom stereocenters. The number of rotatable bonds is 3.